The van der Waals surface area contributed by atoms with Gasteiger partial charge < -0.3 is 10.2 Å². The zero-order valence-corrected chi connectivity index (χ0v) is 11.0. The van der Waals surface area contributed by atoms with Crippen LogP contribution < -0.4 is 0 Å². The van der Waals surface area contributed by atoms with Gasteiger partial charge in [-0.05, 0) is 31.2 Å². The van der Waals surface area contributed by atoms with Crippen LogP contribution in [0.3, 0.4) is 0 Å². The molecule has 2 nitrogen and oxygen atoms in total. The fourth-order valence-corrected chi connectivity index (χ4v) is 3.32. The fraction of sp³-hybridized carbons (Fsp3) is 0.600. The summed E-state index contributed by atoms with van der Waals surface area (Å²) in [6.07, 6.45) is 3.16. The maximum Gasteiger partial charge on any atom is 0.119 e. The van der Waals surface area contributed by atoms with Gasteiger partial charge in [-0.15, -0.1) is 0 Å². The van der Waals surface area contributed by atoms with Crippen molar-refractivity contribution >= 4 is 0 Å². The lowest BCUT2D eigenvalue weighted by atomic mass is 9.64. The highest BCUT2D eigenvalue weighted by Crippen LogP contribution is 2.55. The van der Waals surface area contributed by atoms with Crippen molar-refractivity contribution in [2.24, 2.45) is 5.41 Å². The Balaban J connectivity index is 2.59. The van der Waals surface area contributed by atoms with Crippen LogP contribution in [0.2, 0.25) is 0 Å². The molecule has 0 amide bonds. The third-order valence-corrected chi connectivity index (χ3v) is 4.64. The molecule has 0 bridgehead atoms. The van der Waals surface area contributed by atoms with Crippen molar-refractivity contribution in [1.82, 2.24) is 0 Å². The molecular weight excluding hydrogens is 212 g/mol. The van der Waals surface area contributed by atoms with Gasteiger partial charge in [0.15, 0.2) is 0 Å². The van der Waals surface area contributed by atoms with Gasteiger partial charge >= 0.3 is 0 Å². The lowest BCUT2D eigenvalue weighted by Gasteiger charge is -2.41. The Labute approximate surface area is 103 Å². The van der Waals surface area contributed by atoms with E-state index in [0.717, 1.165) is 30.4 Å². The normalized spacial score (nSPS) is 27.3. The van der Waals surface area contributed by atoms with Crippen molar-refractivity contribution in [1.29, 1.82) is 0 Å². The third-order valence-electron chi connectivity index (χ3n) is 4.64. The van der Waals surface area contributed by atoms with Crippen LogP contribution in [0.15, 0.2) is 18.2 Å². The standard InChI is InChI=1S/C15H22O2/c1-11-5-6-13(17)12(9-11)15(10-16)8-4-7-14(15,2)3/h5-6,9,16-17H,4,7-8,10H2,1-3H3. The topological polar surface area (TPSA) is 40.5 Å². The number of hydrogen-bond donors (Lipinski definition) is 2. The second-order valence-corrected chi connectivity index (χ2v) is 6.00. The first-order valence-corrected chi connectivity index (χ1v) is 6.34. The Hall–Kier alpha value is -1.02. The minimum absolute atomic E-state index is 0.0347. The van der Waals surface area contributed by atoms with Gasteiger partial charge in [-0.2, -0.15) is 0 Å². The molecule has 0 aliphatic heterocycles. The highest BCUT2D eigenvalue weighted by atomic mass is 16.3. The van der Waals surface area contributed by atoms with Gasteiger partial charge in [0.25, 0.3) is 0 Å². The smallest absolute Gasteiger partial charge is 0.119 e. The van der Waals surface area contributed by atoms with E-state index in [1.54, 1.807) is 6.07 Å². The average molecular weight is 234 g/mol. The van der Waals surface area contributed by atoms with Crippen LogP contribution in [0.25, 0.3) is 0 Å². The molecule has 1 aromatic rings. The van der Waals surface area contributed by atoms with E-state index in [1.807, 2.05) is 19.1 Å². The van der Waals surface area contributed by atoms with Crippen molar-refractivity contribution in [3.8, 4) is 5.75 Å². The molecule has 2 N–H and O–H groups in total. The highest BCUT2D eigenvalue weighted by Gasteiger charge is 2.50. The monoisotopic (exact) mass is 234 g/mol. The van der Waals surface area contributed by atoms with E-state index in [0.29, 0.717) is 5.75 Å². The number of rotatable bonds is 2. The summed E-state index contributed by atoms with van der Waals surface area (Å²) in [5, 5.41) is 20.0. The van der Waals surface area contributed by atoms with Crippen molar-refractivity contribution in [3.05, 3.63) is 29.3 Å². The summed E-state index contributed by atoms with van der Waals surface area (Å²) < 4.78 is 0. The number of benzene rings is 1. The molecule has 17 heavy (non-hydrogen) atoms. The lowest BCUT2D eigenvalue weighted by Crippen LogP contribution is -2.40. The molecule has 94 valence electrons. The van der Waals surface area contributed by atoms with Crippen molar-refractivity contribution < 1.29 is 10.2 Å². The van der Waals surface area contributed by atoms with Gasteiger partial charge in [0.2, 0.25) is 0 Å². The summed E-state index contributed by atoms with van der Waals surface area (Å²) in [6, 6.07) is 5.68. The highest BCUT2D eigenvalue weighted by molar-refractivity contribution is 5.43. The molecule has 1 aliphatic rings. The summed E-state index contributed by atoms with van der Waals surface area (Å²) in [5.74, 6) is 0.319. The van der Waals surface area contributed by atoms with E-state index >= 15 is 0 Å². The fourth-order valence-electron chi connectivity index (χ4n) is 3.32. The molecule has 0 spiro atoms. The third kappa shape index (κ3) is 1.75. The number of phenols is 1. The van der Waals surface area contributed by atoms with E-state index in [9.17, 15) is 10.2 Å². The molecule has 0 radical (unpaired) electrons. The Morgan fingerprint density at radius 2 is 1.94 bits per heavy atom. The SMILES string of the molecule is Cc1ccc(O)c(C2(CO)CCCC2(C)C)c1. The van der Waals surface area contributed by atoms with Gasteiger partial charge in [-0.3, -0.25) is 0 Å². The summed E-state index contributed by atoms with van der Waals surface area (Å²) in [6.45, 7) is 6.52. The quantitative estimate of drug-likeness (QED) is 0.825. The molecule has 2 heteroatoms. The molecule has 0 heterocycles. The number of aryl methyl sites for hydroxylation is 1. The van der Waals surface area contributed by atoms with E-state index < -0.39 is 0 Å². The predicted molar refractivity (Wildman–Crippen MR) is 69.2 cm³/mol. The molecule has 2 rings (SSSR count). The molecule has 0 saturated heterocycles. The summed E-state index contributed by atoms with van der Waals surface area (Å²) in [7, 11) is 0. The maximum absolute atomic E-state index is 10.1. The second kappa shape index (κ2) is 4.02. The van der Waals surface area contributed by atoms with Crippen LogP contribution >= 0.6 is 0 Å². The minimum Gasteiger partial charge on any atom is -0.508 e. The molecule has 1 fully saturated rings. The molecule has 1 atom stereocenters. The van der Waals surface area contributed by atoms with E-state index in [1.165, 1.54) is 0 Å². The van der Waals surface area contributed by atoms with Gasteiger partial charge in [-0.1, -0.05) is 38.0 Å². The zero-order valence-electron chi connectivity index (χ0n) is 11.0. The van der Waals surface area contributed by atoms with E-state index in [4.69, 9.17) is 0 Å². The van der Waals surface area contributed by atoms with E-state index in [2.05, 4.69) is 13.8 Å². The van der Waals surface area contributed by atoms with Crippen molar-refractivity contribution in [2.45, 2.75) is 45.4 Å². The Kier molecular flexibility index (Phi) is 2.94. The molecule has 1 unspecified atom stereocenters. The van der Waals surface area contributed by atoms with Gasteiger partial charge in [0, 0.05) is 11.0 Å². The number of aliphatic hydroxyl groups is 1. The van der Waals surface area contributed by atoms with Gasteiger partial charge in [0.05, 0.1) is 6.61 Å². The molecule has 1 aliphatic carbocycles. The first kappa shape index (κ1) is 12.4. The van der Waals surface area contributed by atoms with Gasteiger partial charge in [0.1, 0.15) is 5.75 Å². The zero-order chi connectivity index (χ0) is 12.7. The van der Waals surface area contributed by atoms with Crippen LogP contribution in [-0.2, 0) is 5.41 Å². The van der Waals surface area contributed by atoms with Gasteiger partial charge in [-0.25, -0.2) is 0 Å². The molecule has 1 aromatic carbocycles. The van der Waals surface area contributed by atoms with Crippen LogP contribution in [0, 0.1) is 12.3 Å². The first-order chi connectivity index (χ1) is 7.93. The van der Waals surface area contributed by atoms with Crippen LogP contribution in [-0.4, -0.2) is 16.8 Å². The Morgan fingerprint density at radius 1 is 1.24 bits per heavy atom. The predicted octanol–water partition coefficient (Wildman–Crippen LogP) is 3.14. The first-order valence-electron chi connectivity index (χ1n) is 6.34. The lowest BCUT2D eigenvalue weighted by molar-refractivity contribution is 0.102. The van der Waals surface area contributed by atoms with E-state index in [-0.39, 0.29) is 17.4 Å². The maximum atomic E-state index is 10.1. The Bertz CT molecular complexity index is 423. The van der Waals surface area contributed by atoms with Crippen LogP contribution in [0.1, 0.15) is 44.2 Å². The van der Waals surface area contributed by atoms with Crippen molar-refractivity contribution in [2.75, 3.05) is 6.61 Å². The molecule has 0 aromatic heterocycles. The number of aliphatic hydroxyl groups excluding tert-OH is 1. The Morgan fingerprint density at radius 3 is 2.47 bits per heavy atom. The largest absolute Gasteiger partial charge is 0.508 e. The van der Waals surface area contributed by atoms with Crippen molar-refractivity contribution in [3.63, 3.8) is 0 Å². The average Bonchev–Trinajstić information content (AvgIpc) is 2.58. The number of aromatic hydroxyl groups is 1. The number of phenolic OH excluding ortho intramolecular Hbond substituents is 1. The summed E-state index contributed by atoms with van der Waals surface area (Å²) in [4.78, 5) is 0. The van der Waals surface area contributed by atoms with Crippen LogP contribution in [0.4, 0.5) is 0 Å². The summed E-state index contributed by atoms with van der Waals surface area (Å²) in [5.41, 5.74) is 1.80. The second-order valence-electron chi connectivity index (χ2n) is 6.00. The molecule has 1 saturated carbocycles. The van der Waals surface area contributed by atoms with Crippen LogP contribution in [0.5, 0.6) is 5.75 Å². The number of hydrogen-bond acceptors (Lipinski definition) is 2. The molecular formula is C15H22O2. The minimum atomic E-state index is -0.289. The summed E-state index contributed by atoms with van der Waals surface area (Å²) >= 11 is 0.